The fraction of sp³-hybridized carbons (Fsp3) is 0.583. The highest BCUT2D eigenvalue weighted by molar-refractivity contribution is 5.80. The van der Waals surface area contributed by atoms with Crippen LogP contribution in [0.2, 0.25) is 0 Å². The third-order valence-electron chi connectivity index (χ3n) is 2.20. The summed E-state index contributed by atoms with van der Waals surface area (Å²) in [7, 11) is 0. The van der Waals surface area contributed by atoms with E-state index in [0.29, 0.717) is 5.92 Å². The van der Waals surface area contributed by atoms with Crippen molar-refractivity contribution in [2.45, 2.75) is 34.6 Å². The largest absolute Gasteiger partial charge is 0.262 e. The van der Waals surface area contributed by atoms with Gasteiger partial charge in [-0.05, 0) is 18.4 Å². The number of nitrogens with zero attached hydrogens (tertiary/aromatic N) is 1. The lowest BCUT2D eigenvalue weighted by Crippen LogP contribution is -2.06. The lowest BCUT2D eigenvalue weighted by molar-refractivity contribution is 0.609. The van der Waals surface area contributed by atoms with Crippen LogP contribution >= 0.6 is 0 Å². The number of aliphatic imine (C=N–C) groups is 1. The van der Waals surface area contributed by atoms with E-state index in [4.69, 9.17) is 0 Å². The van der Waals surface area contributed by atoms with E-state index in [9.17, 15) is 0 Å². The summed E-state index contributed by atoms with van der Waals surface area (Å²) in [4.78, 5) is 4.39. The van der Waals surface area contributed by atoms with E-state index in [-0.39, 0.29) is 5.41 Å². The second-order valence-electron chi connectivity index (χ2n) is 4.66. The lowest BCUT2D eigenvalue weighted by Gasteiger charge is -2.16. The molecule has 0 aromatic rings. The van der Waals surface area contributed by atoms with E-state index in [1.807, 2.05) is 6.21 Å². The second-order valence-corrected chi connectivity index (χ2v) is 4.66. The van der Waals surface area contributed by atoms with Crippen LogP contribution < -0.4 is 0 Å². The van der Waals surface area contributed by atoms with Crippen LogP contribution in [0.3, 0.4) is 0 Å². The molecule has 0 saturated carbocycles. The zero-order chi connectivity index (χ0) is 10.1. The minimum absolute atomic E-state index is 0.139. The molecule has 0 saturated heterocycles. The van der Waals surface area contributed by atoms with Crippen LogP contribution in [0.25, 0.3) is 0 Å². The molecule has 1 heteroatoms. The molecule has 0 bridgehead atoms. The molecule has 0 radical (unpaired) electrons. The van der Waals surface area contributed by atoms with Gasteiger partial charge in [-0.25, -0.2) is 0 Å². The van der Waals surface area contributed by atoms with Crippen LogP contribution in [0.15, 0.2) is 28.4 Å². The van der Waals surface area contributed by atoms with E-state index in [1.165, 1.54) is 5.57 Å². The fourth-order valence-electron chi connectivity index (χ4n) is 1.58. The minimum atomic E-state index is 0.139. The average Bonchev–Trinajstić information content (AvgIpc) is 2.07. The monoisotopic (exact) mass is 177 g/mol. The van der Waals surface area contributed by atoms with Crippen molar-refractivity contribution in [3.05, 3.63) is 23.4 Å². The number of hydrogen-bond acceptors (Lipinski definition) is 1. The topological polar surface area (TPSA) is 12.4 Å². The van der Waals surface area contributed by atoms with Crippen LogP contribution in [-0.4, -0.2) is 6.21 Å². The SMILES string of the molecule is CC1=CC(C)(C)C=C(C(C)C)C=N1. The van der Waals surface area contributed by atoms with Gasteiger partial charge in [-0.15, -0.1) is 0 Å². The molecule has 1 aliphatic rings. The van der Waals surface area contributed by atoms with Gasteiger partial charge < -0.3 is 0 Å². The van der Waals surface area contributed by atoms with E-state index in [0.717, 1.165) is 5.70 Å². The summed E-state index contributed by atoms with van der Waals surface area (Å²) >= 11 is 0. The second kappa shape index (κ2) is 3.49. The average molecular weight is 177 g/mol. The van der Waals surface area contributed by atoms with Gasteiger partial charge in [0.15, 0.2) is 0 Å². The Bertz CT molecular complexity index is 277. The zero-order valence-electron chi connectivity index (χ0n) is 9.26. The van der Waals surface area contributed by atoms with Gasteiger partial charge in [-0.2, -0.15) is 0 Å². The Morgan fingerprint density at radius 1 is 1.23 bits per heavy atom. The van der Waals surface area contributed by atoms with Crippen molar-refractivity contribution >= 4 is 6.21 Å². The summed E-state index contributed by atoms with van der Waals surface area (Å²) in [6.07, 6.45) is 6.50. The van der Waals surface area contributed by atoms with Gasteiger partial charge in [-0.1, -0.05) is 39.8 Å². The van der Waals surface area contributed by atoms with Gasteiger partial charge >= 0.3 is 0 Å². The van der Waals surface area contributed by atoms with E-state index in [1.54, 1.807) is 0 Å². The molecule has 1 rings (SSSR count). The summed E-state index contributed by atoms with van der Waals surface area (Å²) < 4.78 is 0. The molecule has 1 nitrogen and oxygen atoms in total. The van der Waals surface area contributed by atoms with Crippen molar-refractivity contribution in [1.29, 1.82) is 0 Å². The highest BCUT2D eigenvalue weighted by Gasteiger charge is 2.16. The van der Waals surface area contributed by atoms with E-state index >= 15 is 0 Å². The van der Waals surface area contributed by atoms with Gasteiger partial charge in [-0.3, -0.25) is 4.99 Å². The molecule has 1 heterocycles. The molecule has 0 aliphatic carbocycles. The molecular formula is C12H19N. The van der Waals surface area contributed by atoms with Crippen molar-refractivity contribution in [2.75, 3.05) is 0 Å². The molecule has 72 valence electrons. The summed E-state index contributed by atoms with van der Waals surface area (Å²) in [5.41, 5.74) is 2.58. The minimum Gasteiger partial charge on any atom is -0.262 e. The van der Waals surface area contributed by atoms with Gasteiger partial charge in [0.2, 0.25) is 0 Å². The molecule has 0 fully saturated rings. The molecule has 0 aromatic carbocycles. The molecular weight excluding hydrogens is 158 g/mol. The Kier molecular flexibility index (Phi) is 2.74. The molecule has 0 unspecified atom stereocenters. The Morgan fingerprint density at radius 3 is 2.38 bits per heavy atom. The Balaban J connectivity index is 3.04. The number of rotatable bonds is 1. The maximum Gasteiger partial charge on any atom is 0.0341 e. The van der Waals surface area contributed by atoms with E-state index in [2.05, 4.69) is 51.8 Å². The molecule has 1 aliphatic heterocycles. The molecule has 0 atom stereocenters. The third kappa shape index (κ3) is 2.83. The molecule has 0 amide bonds. The molecule has 13 heavy (non-hydrogen) atoms. The Labute approximate surface area is 81.3 Å². The van der Waals surface area contributed by atoms with Gasteiger partial charge in [0.05, 0.1) is 0 Å². The van der Waals surface area contributed by atoms with Crippen LogP contribution in [-0.2, 0) is 0 Å². The molecule has 0 N–H and O–H groups in total. The van der Waals surface area contributed by atoms with Gasteiger partial charge in [0.25, 0.3) is 0 Å². The summed E-state index contributed by atoms with van der Waals surface area (Å²) in [6.45, 7) is 10.9. The lowest BCUT2D eigenvalue weighted by atomic mass is 9.88. The standard InChI is InChI=1S/C12H19N/c1-9(2)11-7-12(4,5)6-10(3)13-8-11/h6-9H,1-5H3. The van der Waals surface area contributed by atoms with Crippen molar-refractivity contribution in [3.8, 4) is 0 Å². The quantitative estimate of drug-likeness (QED) is 0.580. The smallest absolute Gasteiger partial charge is 0.0341 e. The van der Waals surface area contributed by atoms with Gasteiger partial charge in [0, 0.05) is 17.3 Å². The first-order valence-corrected chi connectivity index (χ1v) is 4.87. The summed E-state index contributed by atoms with van der Waals surface area (Å²) in [5.74, 6) is 0.558. The first kappa shape index (κ1) is 10.2. The maximum atomic E-state index is 4.39. The first-order chi connectivity index (χ1) is 5.91. The number of allylic oxidation sites excluding steroid dienone is 4. The molecule has 0 aromatic heterocycles. The first-order valence-electron chi connectivity index (χ1n) is 4.87. The van der Waals surface area contributed by atoms with Crippen LogP contribution in [0, 0.1) is 11.3 Å². The zero-order valence-corrected chi connectivity index (χ0v) is 9.26. The predicted octanol–water partition coefficient (Wildman–Crippen LogP) is 3.58. The van der Waals surface area contributed by atoms with Crippen molar-refractivity contribution in [1.82, 2.24) is 0 Å². The van der Waals surface area contributed by atoms with Crippen LogP contribution in [0.5, 0.6) is 0 Å². The summed E-state index contributed by atoms with van der Waals surface area (Å²) in [6, 6.07) is 0. The third-order valence-corrected chi connectivity index (χ3v) is 2.20. The van der Waals surface area contributed by atoms with Gasteiger partial charge in [0.1, 0.15) is 0 Å². The van der Waals surface area contributed by atoms with E-state index < -0.39 is 0 Å². The predicted molar refractivity (Wildman–Crippen MR) is 59.0 cm³/mol. The van der Waals surface area contributed by atoms with Crippen molar-refractivity contribution < 1.29 is 0 Å². The van der Waals surface area contributed by atoms with Crippen LogP contribution in [0.4, 0.5) is 0 Å². The normalized spacial score (nSPS) is 21.1. The maximum absolute atomic E-state index is 4.39. The van der Waals surface area contributed by atoms with Crippen LogP contribution in [0.1, 0.15) is 34.6 Å². The highest BCUT2D eigenvalue weighted by atomic mass is 14.7. The summed E-state index contributed by atoms with van der Waals surface area (Å²) in [5, 5.41) is 0. The Morgan fingerprint density at radius 2 is 1.85 bits per heavy atom. The molecule has 0 spiro atoms. The van der Waals surface area contributed by atoms with Crippen molar-refractivity contribution in [2.24, 2.45) is 16.3 Å². The highest BCUT2D eigenvalue weighted by Crippen LogP contribution is 2.27. The fourth-order valence-corrected chi connectivity index (χ4v) is 1.58. The van der Waals surface area contributed by atoms with Crippen molar-refractivity contribution in [3.63, 3.8) is 0 Å². The number of hydrogen-bond donors (Lipinski definition) is 0. The Hall–Kier alpha value is -0.850.